The van der Waals surface area contributed by atoms with Gasteiger partial charge < -0.3 is 20.3 Å². The van der Waals surface area contributed by atoms with E-state index in [9.17, 15) is 20.5 Å². The maximum atomic E-state index is 10.9. The van der Waals surface area contributed by atoms with Crippen LogP contribution in [0.4, 0.5) is 5.69 Å². The van der Waals surface area contributed by atoms with E-state index in [0.717, 1.165) is 5.56 Å². The highest BCUT2D eigenvalue weighted by atomic mass is 79.9. The monoisotopic (exact) mass is 493 g/mol. The predicted molar refractivity (Wildman–Crippen MR) is 119 cm³/mol. The van der Waals surface area contributed by atoms with Crippen LogP contribution in [0.5, 0.6) is 17.2 Å². The van der Waals surface area contributed by atoms with E-state index < -0.39 is 10.8 Å². The van der Waals surface area contributed by atoms with Crippen molar-refractivity contribution in [2.24, 2.45) is 5.73 Å². The Kier molecular flexibility index (Phi) is 5.71. The predicted octanol–water partition coefficient (Wildman–Crippen LogP) is 4.86. The number of phenolic OH excluding ortho intramolecular Hbond substituents is 1. The number of nitro groups is 1. The first-order valence-electron chi connectivity index (χ1n) is 9.43. The number of aromatic hydroxyl groups is 1. The molecule has 1 aliphatic rings. The number of nitrogens with two attached hydrogens (primary N) is 1. The van der Waals surface area contributed by atoms with Gasteiger partial charge in [-0.15, -0.1) is 0 Å². The molecule has 3 aromatic rings. The Labute approximate surface area is 191 Å². The summed E-state index contributed by atoms with van der Waals surface area (Å²) in [7, 11) is 0. The molecule has 0 aromatic heterocycles. The van der Waals surface area contributed by atoms with Gasteiger partial charge in [0.05, 0.1) is 15.3 Å². The van der Waals surface area contributed by atoms with E-state index in [4.69, 9.17) is 15.2 Å². The molecule has 3 aromatic carbocycles. The van der Waals surface area contributed by atoms with Crippen molar-refractivity contribution >= 4 is 21.6 Å². The largest absolute Gasteiger partial charge is 0.508 e. The number of halogens is 1. The van der Waals surface area contributed by atoms with E-state index in [-0.39, 0.29) is 29.5 Å². The van der Waals surface area contributed by atoms with E-state index in [1.54, 1.807) is 24.3 Å². The summed E-state index contributed by atoms with van der Waals surface area (Å²) in [5.74, 6) is 0.452. The second-order valence-electron chi connectivity index (χ2n) is 7.05. The van der Waals surface area contributed by atoms with Crippen molar-refractivity contribution in [2.75, 3.05) is 0 Å². The number of nitro benzene ring substituents is 1. The van der Waals surface area contributed by atoms with Gasteiger partial charge in [-0.25, -0.2) is 0 Å². The fourth-order valence-electron chi connectivity index (χ4n) is 3.52. The quantitative estimate of drug-likeness (QED) is 0.383. The number of benzene rings is 3. The summed E-state index contributed by atoms with van der Waals surface area (Å²) in [4.78, 5) is 10.5. The Morgan fingerprint density at radius 2 is 2.03 bits per heavy atom. The van der Waals surface area contributed by atoms with Gasteiger partial charge in [-0.2, -0.15) is 5.26 Å². The number of ether oxygens (including phenoxy) is 2. The third kappa shape index (κ3) is 4.08. The Morgan fingerprint density at radius 3 is 2.75 bits per heavy atom. The number of non-ortho nitro benzene ring substituents is 1. The van der Waals surface area contributed by atoms with E-state index in [1.807, 2.05) is 12.1 Å². The van der Waals surface area contributed by atoms with Crippen LogP contribution in [-0.4, -0.2) is 10.0 Å². The van der Waals surface area contributed by atoms with Gasteiger partial charge in [0.25, 0.3) is 5.69 Å². The lowest BCUT2D eigenvalue weighted by Gasteiger charge is -2.26. The molecular formula is C23H16BrN3O5. The summed E-state index contributed by atoms with van der Waals surface area (Å²) in [5, 5.41) is 30.4. The highest BCUT2D eigenvalue weighted by molar-refractivity contribution is 9.10. The normalized spacial score (nSPS) is 14.8. The molecule has 0 fully saturated rings. The standard InChI is InChI=1S/C23H16BrN3O5/c24-19-9-14(4-7-20(19)31-12-13-2-1-3-15(8-13)27(29)30)22-17-6-5-16(28)10-21(17)32-23(26)18(22)11-25/h1-10,22,28H,12,26H2/t22-/m0/s1. The molecule has 8 nitrogen and oxygen atoms in total. The second kappa shape index (κ2) is 8.61. The summed E-state index contributed by atoms with van der Waals surface area (Å²) in [6.07, 6.45) is 0. The molecule has 9 heteroatoms. The van der Waals surface area contributed by atoms with Gasteiger partial charge in [-0.05, 0) is 45.3 Å². The van der Waals surface area contributed by atoms with Gasteiger partial charge in [0, 0.05) is 23.8 Å². The van der Waals surface area contributed by atoms with Crippen LogP contribution in [0.3, 0.4) is 0 Å². The van der Waals surface area contributed by atoms with Gasteiger partial charge in [-0.3, -0.25) is 10.1 Å². The van der Waals surface area contributed by atoms with E-state index in [0.29, 0.717) is 27.1 Å². The van der Waals surface area contributed by atoms with Crippen molar-refractivity contribution in [3.05, 3.63) is 103 Å². The summed E-state index contributed by atoms with van der Waals surface area (Å²) in [5.41, 5.74) is 8.36. The fourth-order valence-corrected chi connectivity index (χ4v) is 4.03. The van der Waals surface area contributed by atoms with Crippen LogP contribution in [0.25, 0.3) is 0 Å². The first-order chi connectivity index (χ1) is 15.4. The molecule has 1 aliphatic heterocycles. The van der Waals surface area contributed by atoms with Crippen molar-refractivity contribution in [3.63, 3.8) is 0 Å². The molecule has 0 radical (unpaired) electrons. The minimum atomic E-state index is -0.480. The van der Waals surface area contributed by atoms with Crippen molar-refractivity contribution < 1.29 is 19.5 Å². The molecule has 0 bridgehead atoms. The number of nitrogens with zero attached hydrogens (tertiary/aromatic N) is 2. The third-order valence-corrected chi connectivity index (χ3v) is 5.63. The number of allylic oxidation sites excluding steroid dienone is 1. The van der Waals surface area contributed by atoms with Crippen LogP contribution in [0.15, 0.2) is 76.6 Å². The molecule has 3 N–H and O–H groups in total. The molecule has 4 rings (SSSR count). The van der Waals surface area contributed by atoms with Crippen LogP contribution in [-0.2, 0) is 6.61 Å². The zero-order chi connectivity index (χ0) is 22.8. The molecule has 160 valence electrons. The van der Waals surface area contributed by atoms with Gasteiger partial charge in [0.2, 0.25) is 5.88 Å². The highest BCUT2D eigenvalue weighted by Crippen LogP contribution is 2.44. The van der Waals surface area contributed by atoms with Gasteiger partial charge >= 0.3 is 0 Å². The lowest BCUT2D eigenvalue weighted by Crippen LogP contribution is -2.21. The lowest BCUT2D eigenvalue weighted by molar-refractivity contribution is -0.384. The van der Waals surface area contributed by atoms with Crippen molar-refractivity contribution in [2.45, 2.75) is 12.5 Å². The van der Waals surface area contributed by atoms with Crippen molar-refractivity contribution in [1.82, 2.24) is 0 Å². The third-order valence-electron chi connectivity index (χ3n) is 5.01. The average Bonchev–Trinajstić information content (AvgIpc) is 2.77. The number of hydrogen-bond acceptors (Lipinski definition) is 7. The molecule has 1 heterocycles. The zero-order valence-electron chi connectivity index (χ0n) is 16.5. The fraction of sp³-hybridized carbons (Fsp3) is 0.0870. The highest BCUT2D eigenvalue weighted by Gasteiger charge is 2.31. The van der Waals surface area contributed by atoms with Gasteiger partial charge in [0.15, 0.2) is 0 Å². The van der Waals surface area contributed by atoms with Crippen LogP contribution >= 0.6 is 15.9 Å². The minimum absolute atomic E-state index is 0.00172. The molecule has 0 amide bonds. The second-order valence-corrected chi connectivity index (χ2v) is 7.91. The first-order valence-corrected chi connectivity index (χ1v) is 10.2. The SMILES string of the molecule is N#CC1=C(N)Oc2cc(O)ccc2[C@@H]1c1ccc(OCc2cccc([N+](=O)[O-])c2)c(Br)c1. The molecule has 0 unspecified atom stereocenters. The number of rotatable bonds is 5. The number of nitriles is 1. The molecule has 0 aliphatic carbocycles. The van der Waals surface area contributed by atoms with Crippen LogP contribution in [0, 0.1) is 21.4 Å². The molecule has 0 saturated carbocycles. The number of phenols is 1. The minimum Gasteiger partial charge on any atom is -0.508 e. The van der Waals surface area contributed by atoms with Crippen LogP contribution < -0.4 is 15.2 Å². The Balaban J connectivity index is 1.63. The van der Waals surface area contributed by atoms with Gasteiger partial charge in [0.1, 0.15) is 35.5 Å². The molecule has 0 saturated heterocycles. The summed E-state index contributed by atoms with van der Waals surface area (Å²) < 4.78 is 12.0. The molecule has 0 spiro atoms. The van der Waals surface area contributed by atoms with E-state index in [2.05, 4.69) is 22.0 Å². The van der Waals surface area contributed by atoms with Crippen LogP contribution in [0.1, 0.15) is 22.6 Å². The summed E-state index contributed by atoms with van der Waals surface area (Å²) in [6.45, 7) is 0.148. The maximum Gasteiger partial charge on any atom is 0.269 e. The van der Waals surface area contributed by atoms with Crippen LogP contribution in [0.2, 0.25) is 0 Å². The van der Waals surface area contributed by atoms with E-state index in [1.165, 1.54) is 24.3 Å². The Morgan fingerprint density at radius 1 is 1.22 bits per heavy atom. The average molecular weight is 494 g/mol. The lowest BCUT2D eigenvalue weighted by atomic mass is 9.83. The summed E-state index contributed by atoms with van der Waals surface area (Å²) >= 11 is 3.50. The number of fused-ring (bicyclic) bond motifs is 1. The smallest absolute Gasteiger partial charge is 0.269 e. The molecular weight excluding hydrogens is 478 g/mol. The molecule has 1 atom stereocenters. The Hall–Kier alpha value is -4.03. The maximum absolute atomic E-state index is 10.9. The number of hydrogen-bond donors (Lipinski definition) is 2. The van der Waals surface area contributed by atoms with E-state index >= 15 is 0 Å². The summed E-state index contributed by atoms with van der Waals surface area (Å²) in [6, 6.07) is 18.4. The zero-order valence-corrected chi connectivity index (χ0v) is 18.1. The van der Waals surface area contributed by atoms with Crippen molar-refractivity contribution in [3.8, 4) is 23.3 Å². The molecule has 32 heavy (non-hydrogen) atoms. The Bertz CT molecular complexity index is 1300. The first kappa shape index (κ1) is 21.2. The van der Waals surface area contributed by atoms with Gasteiger partial charge in [-0.1, -0.05) is 24.3 Å². The van der Waals surface area contributed by atoms with Crippen molar-refractivity contribution in [1.29, 1.82) is 5.26 Å². The topological polar surface area (TPSA) is 132 Å².